The minimum Gasteiger partial charge on any atom is -0.481 e. The van der Waals surface area contributed by atoms with Gasteiger partial charge in [-0.15, -0.1) is 0 Å². The summed E-state index contributed by atoms with van der Waals surface area (Å²) in [5.41, 5.74) is 1.46. The van der Waals surface area contributed by atoms with Gasteiger partial charge in [0.1, 0.15) is 0 Å². The van der Waals surface area contributed by atoms with Gasteiger partial charge in [-0.05, 0) is 103 Å². The fourth-order valence-corrected chi connectivity index (χ4v) is 8.58. The third-order valence-electron chi connectivity index (χ3n) is 10.4. The maximum absolute atomic E-state index is 14.2. The van der Waals surface area contributed by atoms with Gasteiger partial charge in [-0.3, -0.25) is 18.6 Å². The fourth-order valence-electron chi connectivity index (χ4n) is 7.44. The molecule has 4 aromatic carbocycles. The summed E-state index contributed by atoms with van der Waals surface area (Å²) in [4.78, 5) is 49.9. The van der Waals surface area contributed by atoms with Crippen molar-refractivity contribution in [3.63, 3.8) is 0 Å². The smallest absolute Gasteiger partial charge is 0.336 e. The van der Waals surface area contributed by atoms with Crippen LogP contribution in [0.25, 0.3) is 10.8 Å². The summed E-state index contributed by atoms with van der Waals surface area (Å²) in [5, 5.41) is 46.5. The van der Waals surface area contributed by atoms with E-state index >= 15 is 0 Å². The average molecular weight is 853 g/mol. The lowest BCUT2D eigenvalue weighted by atomic mass is 9.88. The first-order valence-corrected chi connectivity index (χ1v) is 21.0. The number of nitrogens with zero attached hydrogens (tertiary/aromatic N) is 3. The Bertz CT molecular complexity index is 2200. The number of hydrogen-bond donors (Lipinski definition) is 4. The Labute approximate surface area is 350 Å². The molecule has 12 nitrogen and oxygen atoms in total. The van der Waals surface area contributed by atoms with Crippen molar-refractivity contribution in [2.75, 3.05) is 39.5 Å². The number of aliphatic hydroxyl groups is 1. The molecule has 5 rings (SSSR count). The number of likely N-dealkylation sites (tertiary alicyclic amines) is 1. The van der Waals surface area contributed by atoms with E-state index in [0.717, 1.165) is 65.7 Å². The van der Waals surface area contributed by atoms with Gasteiger partial charge in [0.15, 0.2) is 5.60 Å². The number of carboxylic acid groups (broad SMARTS) is 3. The molecule has 0 saturated carbocycles. The van der Waals surface area contributed by atoms with Crippen LogP contribution in [0.1, 0.15) is 83.5 Å². The zero-order valence-electron chi connectivity index (χ0n) is 32.5. The number of benzene rings is 4. The van der Waals surface area contributed by atoms with Gasteiger partial charge in [-0.25, -0.2) is 4.79 Å². The van der Waals surface area contributed by atoms with E-state index in [4.69, 9.17) is 43.6 Å². The average Bonchev–Trinajstić information content (AvgIpc) is 3.19. The number of carbonyl (C=O) groups is 4. The van der Waals surface area contributed by atoms with Gasteiger partial charge in [0, 0.05) is 30.7 Å². The van der Waals surface area contributed by atoms with Crippen molar-refractivity contribution in [2.24, 2.45) is 0 Å². The summed E-state index contributed by atoms with van der Waals surface area (Å²) in [5.74, 6) is -4.67. The third-order valence-corrected chi connectivity index (χ3v) is 12.2. The van der Waals surface area contributed by atoms with Gasteiger partial charge in [0.05, 0.1) is 50.9 Å². The summed E-state index contributed by atoms with van der Waals surface area (Å²) < 4.78 is 12.3. The minimum atomic E-state index is -2.74. The molecule has 15 heteroatoms. The van der Waals surface area contributed by atoms with E-state index in [-0.39, 0.29) is 11.8 Å². The first-order valence-electron chi connectivity index (χ1n) is 18.7. The van der Waals surface area contributed by atoms with Crippen LogP contribution in [0.3, 0.4) is 0 Å². The summed E-state index contributed by atoms with van der Waals surface area (Å²) in [7, 11) is 0.845. The highest BCUT2D eigenvalue weighted by Crippen LogP contribution is 2.34. The Morgan fingerprint density at radius 3 is 2.14 bits per heavy atom. The van der Waals surface area contributed by atoms with Crippen molar-refractivity contribution in [3.8, 4) is 6.07 Å². The Balaban J connectivity index is 0.000000492. The van der Waals surface area contributed by atoms with Gasteiger partial charge < -0.3 is 30.2 Å². The predicted molar refractivity (Wildman–Crippen MR) is 223 cm³/mol. The highest BCUT2D eigenvalue weighted by Gasteiger charge is 2.40. The van der Waals surface area contributed by atoms with E-state index in [1.807, 2.05) is 80.7 Å². The molecule has 58 heavy (non-hydrogen) atoms. The molecule has 1 aliphatic heterocycles. The molecule has 1 amide bonds. The minimum absolute atomic E-state index is 0.0326. The fraction of sp³-hybridized carbons (Fsp3) is 0.372. The molecule has 1 saturated heterocycles. The van der Waals surface area contributed by atoms with Gasteiger partial charge in [0.2, 0.25) is 0 Å². The molecule has 0 radical (unpaired) electrons. The second kappa shape index (κ2) is 20.7. The Morgan fingerprint density at radius 2 is 1.57 bits per heavy atom. The van der Waals surface area contributed by atoms with Gasteiger partial charge in [-0.1, -0.05) is 78.7 Å². The maximum Gasteiger partial charge on any atom is 0.336 e. The topological polar surface area (TPSA) is 197 Å². The number of rotatable bonds is 15. The number of piperidine rings is 1. The van der Waals surface area contributed by atoms with Crippen LogP contribution in [-0.2, 0) is 31.6 Å². The van der Waals surface area contributed by atoms with E-state index in [9.17, 15) is 28.6 Å². The molecule has 1 fully saturated rings. The lowest BCUT2D eigenvalue weighted by molar-refractivity contribution is -0.170. The van der Waals surface area contributed by atoms with Gasteiger partial charge >= 0.3 is 17.9 Å². The highest BCUT2D eigenvalue weighted by molar-refractivity contribution is 7.84. The van der Waals surface area contributed by atoms with Gasteiger partial charge in [0.25, 0.3) is 5.91 Å². The molecule has 2 atom stereocenters. The largest absolute Gasteiger partial charge is 0.481 e. The van der Waals surface area contributed by atoms with Crippen molar-refractivity contribution < 1.29 is 43.8 Å². The van der Waals surface area contributed by atoms with Crippen molar-refractivity contribution in [1.29, 1.82) is 5.26 Å². The zero-order chi connectivity index (χ0) is 42.7. The predicted octanol–water partition coefficient (Wildman–Crippen LogP) is 7.20. The summed E-state index contributed by atoms with van der Waals surface area (Å²) in [6.07, 6.45) is 2.94. The standard InChI is InChI=1S/C37H39Cl2N3O2S.C6H8O7/c1-4-30-29(23-40)21-27-9-5-6-11-32(27)36(30)37(43)41(2)24-28(26-13-14-33(38)34(39)22-26)17-20-42-18-15-25(16-19-42)31-10-7-8-12-35(31)45(3)44;7-3(8)1-6(13,5(11)12)2-4(9)10/h5-14,21-22,25,28H,4,15-20,24H2,1-3H3;13H,1-2H2,(H,7,8)(H,9,10)(H,11,12)/t28-,45?;/m1./s1. The number of aliphatic carboxylic acids is 3. The second-order valence-corrected chi connectivity index (χ2v) is 16.6. The van der Waals surface area contributed by atoms with E-state index < -0.39 is 47.2 Å². The zero-order valence-corrected chi connectivity index (χ0v) is 34.8. The van der Waals surface area contributed by atoms with Gasteiger partial charge in [-0.2, -0.15) is 5.26 Å². The molecule has 0 aliphatic carbocycles. The number of nitriles is 1. The molecule has 308 valence electrons. The molecule has 0 spiro atoms. The molecule has 1 unspecified atom stereocenters. The van der Waals surface area contributed by atoms with E-state index in [2.05, 4.69) is 17.0 Å². The van der Waals surface area contributed by atoms with Crippen LogP contribution < -0.4 is 0 Å². The number of fused-ring (bicyclic) bond motifs is 1. The van der Waals surface area contributed by atoms with E-state index in [0.29, 0.717) is 40.1 Å². The first-order chi connectivity index (χ1) is 27.5. The van der Waals surface area contributed by atoms with Crippen molar-refractivity contribution in [2.45, 2.75) is 67.8 Å². The Kier molecular flexibility index (Phi) is 16.4. The number of carboxylic acids is 3. The summed E-state index contributed by atoms with van der Waals surface area (Å²) >= 11 is 12.8. The normalized spacial score (nSPS) is 14.4. The molecular formula is C43H47Cl2N3O9S. The number of amides is 1. The van der Waals surface area contributed by atoms with E-state index in [1.54, 1.807) is 11.2 Å². The quantitative estimate of drug-likeness (QED) is 0.0945. The van der Waals surface area contributed by atoms with Crippen LogP contribution in [-0.4, -0.2) is 103 Å². The lowest BCUT2D eigenvalue weighted by Gasteiger charge is -2.34. The highest BCUT2D eigenvalue weighted by atomic mass is 35.5. The van der Waals surface area contributed by atoms with Crippen molar-refractivity contribution in [3.05, 3.63) is 111 Å². The molecule has 1 aliphatic rings. The van der Waals surface area contributed by atoms with E-state index in [1.165, 1.54) is 5.56 Å². The monoisotopic (exact) mass is 851 g/mol. The van der Waals surface area contributed by atoms with Crippen molar-refractivity contribution >= 4 is 68.6 Å². The Morgan fingerprint density at radius 1 is 0.948 bits per heavy atom. The molecule has 4 N–H and O–H groups in total. The number of halogens is 2. The number of likely N-dealkylation sites (N-methyl/N-ethyl adjacent to an activating group) is 1. The first kappa shape index (κ1) is 45.9. The lowest BCUT2D eigenvalue weighted by Crippen LogP contribution is -2.42. The van der Waals surface area contributed by atoms with Crippen LogP contribution in [0.5, 0.6) is 0 Å². The van der Waals surface area contributed by atoms with Crippen LogP contribution in [0, 0.1) is 11.3 Å². The van der Waals surface area contributed by atoms with Crippen LogP contribution in [0.4, 0.5) is 0 Å². The van der Waals surface area contributed by atoms with Crippen molar-refractivity contribution in [1.82, 2.24) is 9.80 Å². The van der Waals surface area contributed by atoms with Crippen LogP contribution >= 0.6 is 23.2 Å². The molecule has 1 heterocycles. The van der Waals surface area contributed by atoms with Crippen LogP contribution in [0.15, 0.2) is 77.7 Å². The number of hydrogen-bond acceptors (Lipinski definition) is 8. The SMILES string of the molecule is CCc1c(C#N)cc2ccccc2c1C(=O)N(C)C[C@@H](CCN1CCC(c2ccccc2S(C)=O)CC1)c1ccc(Cl)c(Cl)c1.O=C(O)CC(O)(CC(=O)O)C(=O)O. The molecule has 0 aromatic heterocycles. The number of carbonyl (C=O) groups excluding carboxylic acids is 1. The van der Waals surface area contributed by atoms with Crippen LogP contribution in [0.2, 0.25) is 10.0 Å². The maximum atomic E-state index is 14.2. The summed E-state index contributed by atoms with van der Waals surface area (Å²) in [6, 6.07) is 25.9. The Hall–Kier alpha value is -4.84. The molecular weight excluding hydrogens is 805 g/mol. The molecule has 0 bridgehead atoms. The summed E-state index contributed by atoms with van der Waals surface area (Å²) in [6.45, 7) is 5.30. The second-order valence-electron chi connectivity index (χ2n) is 14.4. The third kappa shape index (κ3) is 11.6. The molecule has 4 aromatic rings.